The summed E-state index contributed by atoms with van der Waals surface area (Å²) in [6, 6.07) is 16.9. The Kier molecular flexibility index (Phi) is 7.76. The summed E-state index contributed by atoms with van der Waals surface area (Å²) in [5.41, 5.74) is 1.60. The number of carbonyl (C=O) groups is 1. The number of quaternary nitrogens is 1. The van der Waals surface area contributed by atoms with E-state index in [4.69, 9.17) is 9.47 Å². The van der Waals surface area contributed by atoms with Gasteiger partial charge in [0, 0.05) is 12.0 Å². The van der Waals surface area contributed by atoms with E-state index in [-0.39, 0.29) is 54.0 Å². The summed E-state index contributed by atoms with van der Waals surface area (Å²) in [4.78, 5) is 13.4. The molecule has 2 aliphatic carbocycles. The lowest BCUT2D eigenvalue weighted by molar-refractivity contribution is -0.939. The largest absolute Gasteiger partial charge is 1.00 e. The van der Waals surface area contributed by atoms with E-state index in [9.17, 15) is 9.18 Å². The third kappa shape index (κ3) is 5.13. The first-order valence-electron chi connectivity index (χ1n) is 12.0. The van der Waals surface area contributed by atoms with E-state index in [0.717, 1.165) is 60.7 Å². The number of halogens is 2. The molecular weight excluding hydrogens is 532 g/mol. The highest BCUT2D eigenvalue weighted by molar-refractivity contribution is 5.77. The molecule has 5 rings (SSSR count). The number of rotatable bonds is 7. The van der Waals surface area contributed by atoms with Crippen molar-refractivity contribution in [1.82, 2.24) is 0 Å². The first kappa shape index (κ1) is 24.6. The molecule has 0 aromatic heterocycles. The molecule has 1 heterocycles. The third-order valence-electron chi connectivity index (χ3n) is 7.82. The van der Waals surface area contributed by atoms with E-state index in [1.54, 1.807) is 6.07 Å². The van der Waals surface area contributed by atoms with Gasteiger partial charge in [0.15, 0.2) is 12.2 Å². The number of benzene rings is 2. The second-order valence-corrected chi connectivity index (χ2v) is 10.1. The lowest BCUT2D eigenvalue weighted by Crippen LogP contribution is -3.00. The van der Waals surface area contributed by atoms with Crippen LogP contribution in [-0.2, 0) is 20.8 Å². The number of hydrogen-bond acceptors (Lipinski definition) is 3. The van der Waals surface area contributed by atoms with Crippen LogP contribution in [0.15, 0.2) is 54.6 Å². The Morgan fingerprint density at radius 2 is 1.73 bits per heavy atom. The van der Waals surface area contributed by atoms with Gasteiger partial charge in [-0.1, -0.05) is 61.4 Å². The van der Waals surface area contributed by atoms with Crippen LogP contribution in [0.25, 0.3) is 0 Å². The molecule has 3 aliphatic rings. The Labute approximate surface area is 213 Å². The average molecular weight is 565 g/mol. The summed E-state index contributed by atoms with van der Waals surface area (Å²) in [5.74, 6) is -0.106. The number of fused-ring (bicyclic) bond motifs is 2. The summed E-state index contributed by atoms with van der Waals surface area (Å²) in [6.07, 6.45) is 5.70. The van der Waals surface area contributed by atoms with Crippen molar-refractivity contribution in [3.63, 3.8) is 0 Å². The molecule has 178 valence electrons. The highest BCUT2D eigenvalue weighted by Gasteiger charge is 2.58. The molecule has 4 nitrogen and oxygen atoms in total. The molecule has 0 radical (unpaired) electrons. The van der Waals surface area contributed by atoms with Crippen molar-refractivity contribution in [3.8, 4) is 0 Å². The second kappa shape index (κ2) is 10.4. The van der Waals surface area contributed by atoms with Crippen molar-refractivity contribution >= 4 is 5.97 Å². The van der Waals surface area contributed by atoms with Crippen molar-refractivity contribution in [2.45, 2.75) is 69.4 Å². The van der Waals surface area contributed by atoms with Gasteiger partial charge in [0.05, 0.1) is 25.6 Å². The highest BCUT2D eigenvalue weighted by Crippen LogP contribution is 2.45. The highest BCUT2D eigenvalue weighted by atomic mass is 127. The van der Waals surface area contributed by atoms with E-state index < -0.39 is 6.10 Å². The first-order chi connectivity index (χ1) is 15.5. The SMILES string of the molecule is C[N+]1(Cc2ccccc2F)CC2CC[C@H]1C2OC(=O)C(OC1CCCC1)c1ccccc1.[I-]. The topological polar surface area (TPSA) is 35.5 Å². The van der Waals surface area contributed by atoms with Crippen molar-refractivity contribution < 1.29 is 47.1 Å². The maximum absolute atomic E-state index is 14.3. The number of hydrogen-bond donors (Lipinski definition) is 0. The maximum Gasteiger partial charge on any atom is 0.340 e. The van der Waals surface area contributed by atoms with Crippen LogP contribution in [0.1, 0.15) is 55.8 Å². The molecule has 0 amide bonds. The average Bonchev–Trinajstić information content (AvgIpc) is 3.50. The molecule has 2 bridgehead atoms. The molecule has 2 aromatic carbocycles. The van der Waals surface area contributed by atoms with Gasteiger partial charge in [-0.2, -0.15) is 0 Å². The zero-order valence-corrected chi connectivity index (χ0v) is 21.3. The summed E-state index contributed by atoms with van der Waals surface area (Å²) in [5, 5.41) is 0. The van der Waals surface area contributed by atoms with Crippen LogP contribution < -0.4 is 24.0 Å². The molecule has 6 heteroatoms. The molecule has 1 saturated heterocycles. The first-order valence-corrected chi connectivity index (χ1v) is 12.0. The monoisotopic (exact) mass is 565 g/mol. The molecule has 3 fully saturated rings. The molecule has 0 N–H and O–H groups in total. The number of piperidine rings is 1. The van der Waals surface area contributed by atoms with Gasteiger partial charge in [-0.3, -0.25) is 0 Å². The molecule has 2 aromatic rings. The normalized spacial score (nSPS) is 29.6. The smallest absolute Gasteiger partial charge is 0.340 e. The van der Waals surface area contributed by atoms with Crippen LogP contribution in [-0.4, -0.2) is 42.3 Å². The maximum atomic E-state index is 14.3. The second-order valence-electron chi connectivity index (χ2n) is 10.1. The fourth-order valence-corrected chi connectivity index (χ4v) is 6.24. The quantitative estimate of drug-likeness (QED) is 0.294. The lowest BCUT2D eigenvalue weighted by atomic mass is 10.1. The number of carbonyl (C=O) groups excluding carboxylic acids is 1. The summed E-state index contributed by atoms with van der Waals surface area (Å²) in [7, 11) is 2.18. The minimum Gasteiger partial charge on any atom is -1.00 e. The predicted molar refractivity (Wildman–Crippen MR) is 120 cm³/mol. The zero-order chi connectivity index (χ0) is 22.1. The summed E-state index contributed by atoms with van der Waals surface area (Å²) < 4.78 is 27.6. The van der Waals surface area contributed by atoms with Crippen molar-refractivity contribution in [1.29, 1.82) is 0 Å². The van der Waals surface area contributed by atoms with E-state index in [2.05, 4.69) is 7.05 Å². The standard InChI is InChI=1S/C27H33FNO3.HI/c1-29(17-20-11-5-8-14-23(20)28)18-21-15-16-24(29)25(21)32-27(30)26(19-9-3-2-4-10-19)31-22-12-6-7-13-22;/h2-5,8-11,14,21-22,24-26H,6-7,12-13,15-18H2,1H3;1H/q+1;/p-1/t21?,24-,25?,26?,29?;/m0./s1. The van der Waals surface area contributed by atoms with Crippen LogP contribution in [0.5, 0.6) is 0 Å². The van der Waals surface area contributed by atoms with Gasteiger partial charge in [0.2, 0.25) is 0 Å². The number of esters is 1. The molecule has 5 atom stereocenters. The Morgan fingerprint density at radius 1 is 1.03 bits per heavy atom. The fourth-order valence-electron chi connectivity index (χ4n) is 6.24. The van der Waals surface area contributed by atoms with Crippen molar-refractivity contribution in [2.24, 2.45) is 5.92 Å². The van der Waals surface area contributed by atoms with Gasteiger partial charge in [0.25, 0.3) is 0 Å². The van der Waals surface area contributed by atoms with Crippen LogP contribution in [0.4, 0.5) is 4.39 Å². The van der Waals surface area contributed by atoms with Crippen LogP contribution in [0, 0.1) is 11.7 Å². The van der Waals surface area contributed by atoms with Gasteiger partial charge < -0.3 is 37.9 Å². The summed E-state index contributed by atoms with van der Waals surface area (Å²) in [6.45, 7) is 1.54. The molecule has 0 spiro atoms. The molecular formula is C27H33FINO3. The number of nitrogens with zero attached hydrogens (tertiary/aromatic N) is 1. The predicted octanol–water partition coefficient (Wildman–Crippen LogP) is 2.18. The number of ether oxygens (including phenoxy) is 2. The minimum atomic E-state index is -0.676. The molecule has 33 heavy (non-hydrogen) atoms. The van der Waals surface area contributed by atoms with Crippen molar-refractivity contribution in [3.05, 3.63) is 71.5 Å². The Balaban J connectivity index is 0.00000259. The molecule has 1 aliphatic heterocycles. The Hall–Kier alpha value is -1.51. The van der Waals surface area contributed by atoms with Gasteiger partial charge >= 0.3 is 5.97 Å². The van der Waals surface area contributed by atoms with Gasteiger partial charge in [-0.15, -0.1) is 0 Å². The molecule has 4 unspecified atom stereocenters. The summed E-state index contributed by atoms with van der Waals surface area (Å²) >= 11 is 0. The fraction of sp³-hybridized carbons (Fsp3) is 0.519. The lowest BCUT2D eigenvalue weighted by Gasteiger charge is -2.38. The van der Waals surface area contributed by atoms with Gasteiger partial charge in [0.1, 0.15) is 18.4 Å². The van der Waals surface area contributed by atoms with Crippen LogP contribution in [0.3, 0.4) is 0 Å². The molecule has 2 saturated carbocycles. The van der Waals surface area contributed by atoms with Gasteiger partial charge in [-0.25, -0.2) is 9.18 Å². The van der Waals surface area contributed by atoms with Crippen LogP contribution in [0.2, 0.25) is 0 Å². The van der Waals surface area contributed by atoms with E-state index in [0.29, 0.717) is 12.5 Å². The van der Waals surface area contributed by atoms with Gasteiger partial charge in [-0.05, 0) is 30.9 Å². The minimum absolute atomic E-state index is 0. The van der Waals surface area contributed by atoms with E-state index in [1.807, 2.05) is 42.5 Å². The zero-order valence-electron chi connectivity index (χ0n) is 19.2. The number of likely N-dealkylation sites (N-methyl/N-ethyl adjacent to an activating group) is 1. The Morgan fingerprint density at radius 3 is 2.45 bits per heavy atom. The van der Waals surface area contributed by atoms with E-state index >= 15 is 0 Å². The third-order valence-corrected chi connectivity index (χ3v) is 7.82. The number of likely N-dealkylation sites (tertiary alicyclic amines) is 1. The van der Waals surface area contributed by atoms with Crippen LogP contribution >= 0.6 is 0 Å². The van der Waals surface area contributed by atoms with E-state index in [1.165, 1.54) is 6.07 Å². The Bertz CT molecular complexity index is 951. The van der Waals surface area contributed by atoms with Crippen molar-refractivity contribution in [2.75, 3.05) is 13.6 Å².